The summed E-state index contributed by atoms with van der Waals surface area (Å²) in [5.41, 5.74) is 2.64. The third kappa shape index (κ3) is 6.10. The molecule has 0 aliphatic rings. The van der Waals surface area contributed by atoms with Crippen molar-refractivity contribution in [3.05, 3.63) is 113 Å². The highest BCUT2D eigenvalue weighted by Gasteiger charge is 2.25. The smallest absolute Gasteiger partial charge is 0.258 e. The van der Waals surface area contributed by atoms with Crippen molar-refractivity contribution in [2.24, 2.45) is 0 Å². The predicted octanol–water partition coefficient (Wildman–Crippen LogP) is 6.37. The molecule has 36 heavy (non-hydrogen) atoms. The monoisotopic (exact) mass is 488 g/mol. The molecule has 4 rings (SSSR count). The summed E-state index contributed by atoms with van der Waals surface area (Å²) in [5, 5.41) is 3.13. The highest BCUT2D eigenvalue weighted by molar-refractivity contribution is 6.00. The molecule has 1 N–H and O–H groups in total. The van der Waals surface area contributed by atoms with E-state index in [0.29, 0.717) is 19.5 Å². The molecule has 3 aromatic carbocycles. The zero-order valence-corrected chi connectivity index (χ0v) is 20.3. The Hall–Kier alpha value is -4.13. The molecule has 0 unspecified atom stereocenters. The Bertz CT molecular complexity index is 1320. The van der Waals surface area contributed by atoms with Crippen LogP contribution in [0.1, 0.15) is 36.8 Å². The van der Waals surface area contributed by atoms with E-state index in [1.807, 2.05) is 44.2 Å². The average Bonchev–Trinajstić information content (AvgIpc) is 2.89. The normalized spacial score (nSPS) is 10.9. The van der Waals surface area contributed by atoms with Gasteiger partial charge >= 0.3 is 0 Å². The fourth-order valence-corrected chi connectivity index (χ4v) is 3.88. The molecule has 0 atom stereocenters. The van der Waals surface area contributed by atoms with Gasteiger partial charge in [-0.3, -0.25) is 4.79 Å². The number of nitrogens with zero attached hydrogens (tertiary/aromatic N) is 3. The van der Waals surface area contributed by atoms with Crippen molar-refractivity contribution in [2.45, 2.75) is 32.9 Å². The topological polar surface area (TPSA) is 58.1 Å². The third-order valence-corrected chi connectivity index (χ3v) is 5.84. The Morgan fingerprint density at radius 1 is 0.944 bits per heavy atom. The molecule has 1 aromatic heterocycles. The van der Waals surface area contributed by atoms with E-state index in [-0.39, 0.29) is 42.0 Å². The molecular formula is C29H30F2N4O. The van der Waals surface area contributed by atoms with Crippen LogP contribution in [-0.2, 0) is 13.0 Å². The van der Waals surface area contributed by atoms with E-state index in [1.165, 1.54) is 24.4 Å². The van der Waals surface area contributed by atoms with Crippen molar-refractivity contribution in [3.8, 4) is 11.3 Å². The second-order valence-electron chi connectivity index (χ2n) is 8.75. The van der Waals surface area contributed by atoms with E-state index < -0.39 is 5.82 Å². The zero-order chi connectivity index (χ0) is 25.5. The Labute approximate surface area is 211 Å². The van der Waals surface area contributed by atoms with Crippen molar-refractivity contribution in [1.82, 2.24) is 14.9 Å². The first-order valence-electron chi connectivity index (χ1n) is 11.9. The maximum absolute atomic E-state index is 14.8. The fourth-order valence-electron chi connectivity index (χ4n) is 3.88. The molecule has 0 saturated carbocycles. The Kier molecular flexibility index (Phi) is 8.00. The minimum atomic E-state index is -0.471. The number of amides is 1. The van der Waals surface area contributed by atoms with Crippen LogP contribution in [-0.4, -0.2) is 33.4 Å². The lowest BCUT2D eigenvalue weighted by molar-refractivity contribution is 0.0690. The van der Waals surface area contributed by atoms with Gasteiger partial charge in [0.15, 0.2) is 0 Å². The average molecular weight is 489 g/mol. The zero-order valence-electron chi connectivity index (χ0n) is 20.3. The van der Waals surface area contributed by atoms with E-state index in [4.69, 9.17) is 0 Å². The Balaban J connectivity index is 0.00000380. The van der Waals surface area contributed by atoms with Gasteiger partial charge in [-0.25, -0.2) is 18.7 Å². The van der Waals surface area contributed by atoms with Crippen LogP contribution in [0.25, 0.3) is 11.3 Å². The van der Waals surface area contributed by atoms with Gasteiger partial charge in [0.2, 0.25) is 5.95 Å². The van der Waals surface area contributed by atoms with Gasteiger partial charge in [-0.2, -0.15) is 0 Å². The van der Waals surface area contributed by atoms with Crippen LogP contribution in [0.15, 0.2) is 85.1 Å². The van der Waals surface area contributed by atoms with Crippen LogP contribution < -0.4 is 5.32 Å². The van der Waals surface area contributed by atoms with Gasteiger partial charge in [0.25, 0.3) is 5.91 Å². The number of benzene rings is 3. The molecule has 0 aliphatic heterocycles. The maximum Gasteiger partial charge on any atom is 0.258 e. The van der Waals surface area contributed by atoms with Gasteiger partial charge in [0.05, 0.1) is 11.3 Å². The molecule has 0 saturated heterocycles. The summed E-state index contributed by atoms with van der Waals surface area (Å²) in [6.07, 6.45) is 2.08. The first kappa shape index (κ1) is 25.0. The number of halogens is 2. The molecule has 0 bridgehead atoms. The highest BCUT2D eigenvalue weighted by atomic mass is 19.1. The van der Waals surface area contributed by atoms with E-state index in [0.717, 1.165) is 11.1 Å². The fraction of sp³-hybridized carbons (Fsp3) is 0.207. The largest absolute Gasteiger partial charge is 0.354 e. The molecule has 1 heterocycles. The number of carbonyl (C=O) groups excluding carboxylic acids is 1. The van der Waals surface area contributed by atoms with Gasteiger partial charge in [-0.15, -0.1) is 0 Å². The SMILES string of the molecule is CC(C)N(Cc1ccccc1)C(=O)c1cnc(NCCc2ccc(F)cc2)nc1-c1ccccc1F.[HH]. The summed E-state index contributed by atoms with van der Waals surface area (Å²) < 4.78 is 28.0. The van der Waals surface area contributed by atoms with Gasteiger partial charge in [-0.1, -0.05) is 54.6 Å². The first-order valence-corrected chi connectivity index (χ1v) is 11.9. The number of hydrogen-bond donors (Lipinski definition) is 1. The Morgan fingerprint density at radius 3 is 2.33 bits per heavy atom. The van der Waals surface area contributed by atoms with Gasteiger partial charge < -0.3 is 10.2 Å². The number of hydrogen-bond acceptors (Lipinski definition) is 4. The summed E-state index contributed by atoms with van der Waals surface area (Å²) in [6.45, 7) is 4.78. The number of anilines is 1. The number of aromatic nitrogens is 2. The lowest BCUT2D eigenvalue weighted by Gasteiger charge is -2.27. The lowest BCUT2D eigenvalue weighted by Crippen LogP contribution is -2.37. The summed E-state index contributed by atoms with van der Waals surface area (Å²) in [6, 6.07) is 22.1. The Morgan fingerprint density at radius 2 is 1.64 bits per heavy atom. The highest BCUT2D eigenvalue weighted by Crippen LogP contribution is 2.27. The van der Waals surface area contributed by atoms with Crippen LogP contribution >= 0.6 is 0 Å². The van der Waals surface area contributed by atoms with Crippen LogP contribution in [0.3, 0.4) is 0 Å². The molecule has 0 aliphatic carbocycles. The second-order valence-corrected chi connectivity index (χ2v) is 8.75. The number of carbonyl (C=O) groups is 1. The number of nitrogens with one attached hydrogen (secondary N) is 1. The van der Waals surface area contributed by atoms with E-state index in [1.54, 1.807) is 35.2 Å². The van der Waals surface area contributed by atoms with Crippen LogP contribution in [0.2, 0.25) is 0 Å². The van der Waals surface area contributed by atoms with Crippen molar-refractivity contribution < 1.29 is 15.0 Å². The van der Waals surface area contributed by atoms with Crippen LogP contribution in [0.4, 0.5) is 14.7 Å². The second kappa shape index (κ2) is 11.5. The van der Waals surface area contributed by atoms with E-state index >= 15 is 0 Å². The quantitative estimate of drug-likeness (QED) is 0.297. The van der Waals surface area contributed by atoms with Crippen LogP contribution in [0, 0.1) is 11.6 Å². The van der Waals surface area contributed by atoms with Crippen molar-refractivity contribution in [3.63, 3.8) is 0 Å². The molecular weight excluding hydrogens is 458 g/mol. The molecule has 5 nitrogen and oxygen atoms in total. The lowest BCUT2D eigenvalue weighted by atomic mass is 10.0. The van der Waals surface area contributed by atoms with Crippen molar-refractivity contribution in [2.75, 3.05) is 11.9 Å². The summed E-state index contributed by atoms with van der Waals surface area (Å²) in [5.74, 6) is -0.745. The van der Waals surface area contributed by atoms with Crippen molar-refractivity contribution in [1.29, 1.82) is 0 Å². The molecule has 4 aromatic rings. The summed E-state index contributed by atoms with van der Waals surface area (Å²) in [7, 11) is 0. The first-order chi connectivity index (χ1) is 17.4. The van der Waals surface area contributed by atoms with E-state index in [9.17, 15) is 13.6 Å². The molecule has 0 fully saturated rings. The molecule has 186 valence electrons. The van der Waals surface area contributed by atoms with Gasteiger partial charge in [-0.05, 0) is 55.7 Å². The summed E-state index contributed by atoms with van der Waals surface area (Å²) >= 11 is 0. The van der Waals surface area contributed by atoms with Crippen LogP contribution in [0.5, 0.6) is 0 Å². The molecule has 1 amide bonds. The maximum atomic E-state index is 14.8. The minimum Gasteiger partial charge on any atom is -0.354 e. The number of rotatable bonds is 9. The van der Waals surface area contributed by atoms with Gasteiger partial charge in [0, 0.05) is 32.3 Å². The predicted molar refractivity (Wildman–Crippen MR) is 140 cm³/mol. The standard InChI is InChI=1S/C29H28F2N4O.H2/c1-20(2)35(19-22-8-4-3-5-9-22)28(36)25-18-33-29(32-17-16-21-12-14-23(30)15-13-21)34-27(25)24-10-6-7-11-26(24)31;/h3-15,18,20H,16-17,19H2,1-2H3,(H,32,33,34);1H. The van der Waals surface area contributed by atoms with Crippen molar-refractivity contribution >= 4 is 11.9 Å². The van der Waals surface area contributed by atoms with Gasteiger partial charge in [0.1, 0.15) is 11.6 Å². The minimum absolute atomic E-state index is 0. The summed E-state index contributed by atoms with van der Waals surface area (Å²) in [4.78, 5) is 24.3. The molecule has 0 radical (unpaired) electrons. The molecule has 0 spiro atoms. The molecule has 7 heteroatoms. The third-order valence-electron chi connectivity index (χ3n) is 5.84. The van der Waals surface area contributed by atoms with E-state index in [2.05, 4.69) is 15.3 Å².